The molecule has 1 saturated heterocycles. The molecule has 2 nitrogen and oxygen atoms in total. The van der Waals surface area contributed by atoms with Crippen LogP contribution in [-0.4, -0.2) is 55.2 Å². The second-order valence-corrected chi connectivity index (χ2v) is 4.42. The summed E-state index contributed by atoms with van der Waals surface area (Å²) in [6.07, 6.45) is 0.262. The van der Waals surface area contributed by atoms with Crippen molar-refractivity contribution in [2.45, 2.75) is 38.5 Å². The zero-order valence-corrected chi connectivity index (χ0v) is 9.13. The third-order valence-electron chi connectivity index (χ3n) is 2.93. The van der Waals surface area contributed by atoms with E-state index in [9.17, 15) is 4.39 Å². The Bertz CT molecular complexity index is 159. The summed E-state index contributed by atoms with van der Waals surface area (Å²) >= 11 is 0. The molecule has 1 rings (SSSR count). The van der Waals surface area contributed by atoms with E-state index in [1.54, 1.807) is 0 Å². The quantitative estimate of drug-likeness (QED) is 0.646. The van der Waals surface area contributed by atoms with Gasteiger partial charge in [-0.2, -0.15) is 0 Å². The summed E-state index contributed by atoms with van der Waals surface area (Å²) in [4.78, 5) is 4.22. The molecule has 0 amide bonds. The van der Waals surface area contributed by atoms with Gasteiger partial charge in [0.25, 0.3) is 0 Å². The number of likely N-dealkylation sites (tertiary alicyclic amines) is 1. The first kappa shape index (κ1) is 10.9. The van der Waals surface area contributed by atoms with Gasteiger partial charge in [0.2, 0.25) is 0 Å². The van der Waals surface area contributed by atoms with E-state index in [4.69, 9.17) is 0 Å². The van der Waals surface area contributed by atoms with Gasteiger partial charge in [0.1, 0.15) is 6.17 Å². The number of alkyl halides is 1. The smallest absolute Gasteiger partial charge is 0.128 e. The number of nitrogens with zero attached hydrogens (tertiary/aromatic N) is 2. The number of hydrogen-bond donors (Lipinski definition) is 0. The molecular formula is C10H21FN2. The molecule has 1 aliphatic rings. The summed E-state index contributed by atoms with van der Waals surface area (Å²) in [6.45, 7) is 5.88. The molecule has 0 N–H and O–H groups in total. The maximum absolute atomic E-state index is 13.6. The average molecular weight is 188 g/mol. The Morgan fingerprint density at radius 3 is 2.38 bits per heavy atom. The van der Waals surface area contributed by atoms with E-state index in [0.29, 0.717) is 12.6 Å². The molecule has 0 spiro atoms. The summed E-state index contributed by atoms with van der Waals surface area (Å²) < 4.78 is 13.6. The minimum atomic E-state index is -0.689. The Hall–Kier alpha value is -0.150. The van der Waals surface area contributed by atoms with Crippen LogP contribution in [0.15, 0.2) is 0 Å². The lowest BCUT2D eigenvalue weighted by Crippen LogP contribution is -2.52. The maximum atomic E-state index is 13.6. The van der Waals surface area contributed by atoms with Gasteiger partial charge in [-0.25, -0.2) is 4.39 Å². The summed E-state index contributed by atoms with van der Waals surface area (Å²) in [7, 11) is 3.92. The highest BCUT2D eigenvalue weighted by Crippen LogP contribution is 2.19. The van der Waals surface area contributed by atoms with Gasteiger partial charge in [0.05, 0.1) is 0 Å². The molecular weight excluding hydrogens is 167 g/mol. The van der Waals surface area contributed by atoms with Crippen LogP contribution in [0.5, 0.6) is 0 Å². The lowest BCUT2D eigenvalue weighted by atomic mass is 10.0. The van der Waals surface area contributed by atoms with Gasteiger partial charge >= 0.3 is 0 Å². The van der Waals surface area contributed by atoms with E-state index in [-0.39, 0.29) is 6.04 Å². The van der Waals surface area contributed by atoms with E-state index in [1.807, 2.05) is 19.0 Å². The molecule has 0 aromatic heterocycles. The van der Waals surface area contributed by atoms with Gasteiger partial charge in [-0.05, 0) is 34.4 Å². The monoisotopic (exact) mass is 188 g/mol. The molecule has 1 aliphatic heterocycles. The molecule has 3 heteroatoms. The normalized spacial score (nSPS) is 31.6. The summed E-state index contributed by atoms with van der Waals surface area (Å²) in [5.74, 6) is 0. The lowest BCUT2D eigenvalue weighted by Gasteiger charge is -2.39. The van der Waals surface area contributed by atoms with E-state index in [2.05, 4.69) is 18.7 Å². The predicted octanol–water partition coefficient (Wildman–Crippen LogP) is 1.37. The van der Waals surface area contributed by atoms with Crippen molar-refractivity contribution in [2.75, 3.05) is 27.2 Å². The van der Waals surface area contributed by atoms with Crippen molar-refractivity contribution < 1.29 is 4.39 Å². The third-order valence-corrected chi connectivity index (χ3v) is 2.93. The van der Waals surface area contributed by atoms with Gasteiger partial charge in [-0.3, -0.25) is 4.90 Å². The van der Waals surface area contributed by atoms with Crippen LogP contribution in [-0.2, 0) is 0 Å². The fourth-order valence-electron chi connectivity index (χ4n) is 1.97. The first-order chi connectivity index (χ1) is 6.02. The van der Waals surface area contributed by atoms with Gasteiger partial charge in [-0.15, -0.1) is 0 Å². The minimum absolute atomic E-state index is 0.120. The van der Waals surface area contributed by atoms with Crippen molar-refractivity contribution in [3.05, 3.63) is 0 Å². The van der Waals surface area contributed by atoms with Crippen LogP contribution in [0.2, 0.25) is 0 Å². The molecule has 0 aromatic rings. The highest BCUT2D eigenvalue weighted by molar-refractivity contribution is 4.86. The van der Waals surface area contributed by atoms with Crippen molar-refractivity contribution in [1.29, 1.82) is 0 Å². The average Bonchev–Trinajstić information content (AvgIpc) is 2.03. The molecule has 0 bridgehead atoms. The number of rotatable bonds is 2. The molecule has 2 atom stereocenters. The van der Waals surface area contributed by atoms with Crippen LogP contribution in [0.4, 0.5) is 4.39 Å². The zero-order chi connectivity index (χ0) is 10.0. The summed E-state index contributed by atoms with van der Waals surface area (Å²) in [6, 6.07) is 0.594. The van der Waals surface area contributed by atoms with E-state index in [1.165, 1.54) is 0 Å². The van der Waals surface area contributed by atoms with E-state index >= 15 is 0 Å². The van der Waals surface area contributed by atoms with Gasteiger partial charge in [0.15, 0.2) is 0 Å². The second kappa shape index (κ2) is 4.38. The molecule has 0 radical (unpaired) electrons. The summed E-state index contributed by atoms with van der Waals surface area (Å²) in [5.41, 5.74) is 0. The van der Waals surface area contributed by atoms with Crippen LogP contribution in [0.1, 0.15) is 20.3 Å². The van der Waals surface area contributed by atoms with Crippen LogP contribution >= 0.6 is 0 Å². The molecule has 1 heterocycles. The fraction of sp³-hybridized carbons (Fsp3) is 1.00. The first-order valence-electron chi connectivity index (χ1n) is 5.07. The van der Waals surface area contributed by atoms with E-state index < -0.39 is 6.17 Å². The highest BCUT2D eigenvalue weighted by Gasteiger charge is 2.31. The fourth-order valence-corrected chi connectivity index (χ4v) is 1.97. The Kier molecular flexibility index (Phi) is 3.68. The largest absolute Gasteiger partial charge is 0.303 e. The molecule has 0 saturated carbocycles. The highest BCUT2D eigenvalue weighted by atomic mass is 19.1. The Morgan fingerprint density at radius 1 is 1.38 bits per heavy atom. The molecule has 0 aliphatic carbocycles. The molecule has 0 aromatic carbocycles. The Morgan fingerprint density at radius 2 is 2.00 bits per heavy atom. The second-order valence-electron chi connectivity index (χ2n) is 4.42. The summed E-state index contributed by atoms with van der Waals surface area (Å²) in [5, 5.41) is 0. The van der Waals surface area contributed by atoms with Crippen molar-refractivity contribution in [2.24, 2.45) is 0 Å². The van der Waals surface area contributed by atoms with Gasteiger partial charge in [0, 0.05) is 25.2 Å². The minimum Gasteiger partial charge on any atom is -0.303 e. The number of piperidine rings is 1. The number of hydrogen-bond acceptors (Lipinski definition) is 2. The molecule has 78 valence electrons. The van der Waals surface area contributed by atoms with Crippen molar-refractivity contribution in [3.8, 4) is 0 Å². The van der Waals surface area contributed by atoms with Gasteiger partial charge in [-0.1, -0.05) is 0 Å². The molecule has 0 unspecified atom stereocenters. The van der Waals surface area contributed by atoms with Crippen LogP contribution in [0.25, 0.3) is 0 Å². The predicted molar refractivity (Wildman–Crippen MR) is 53.7 cm³/mol. The van der Waals surface area contributed by atoms with Crippen molar-refractivity contribution >= 4 is 0 Å². The molecule has 13 heavy (non-hydrogen) atoms. The third kappa shape index (κ3) is 2.64. The van der Waals surface area contributed by atoms with Crippen molar-refractivity contribution in [1.82, 2.24) is 9.80 Å². The zero-order valence-electron chi connectivity index (χ0n) is 9.13. The van der Waals surface area contributed by atoms with Gasteiger partial charge < -0.3 is 4.90 Å². The van der Waals surface area contributed by atoms with Crippen LogP contribution in [0.3, 0.4) is 0 Å². The first-order valence-corrected chi connectivity index (χ1v) is 5.07. The maximum Gasteiger partial charge on any atom is 0.128 e. The number of halogens is 1. The van der Waals surface area contributed by atoms with Crippen molar-refractivity contribution in [3.63, 3.8) is 0 Å². The topological polar surface area (TPSA) is 6.48 Å². The standard InChI is InChI=1S/C10H21FN2/c1-8(2)13-6-5-10(12(3)4)9(11)7-13/h8-10H,5-7H2,1-4H3/t9-,10+/m0/s1. The lowest BCUT2D eigenvalue weighted by molar-refractivity contribution is 0.0435. The Labute approximate surface area is 80.7 Å². The van der Waals surface area contributed by atoms with Crippen LogP contribution < -0.4 is 0 Å². The molecule has 1 fully saturated rings. The Balaban J connectivity index is 2.46. The SMILES string of the molecule is CC(C)N1CC[C@@H](N(C)C)[C@@H](F)C1. The van der Waals surface area contributed by atoms with E-state index in [0.717, 1.165) is 13.0 Å². The van der Waals surface area contributed by atoms with Crippen LogP contribution in [0, 0.1) is 0 Å².